The van der Waals surface area contributed by atoms with Gasteiger partial charge in [0.05, 0.1) is 0 Å². The van der Waals surface area contributed by atoms with Crippen LogP contribution in [-0.4, -0.2) is 77.0 Å². The Hall–Kier alpha value is 0.516. The van der Waals surface area contributed by atoms with Crippen molar-refractivity contribution < 1.29 is 15.0 Å². The van der Waals surface area contributed by atoms with Gasteiger partial charge in [0.25, 0.3) is 0 Å². The Morgan fingerprint density at radius 3 is 2.08 bits per heavy atom. The van der Waals surface area contributed by atoms with Crippen LogP contribution in [0.5, 0.6) is 5.75 Å². The molecular weight excluding hydrogens is 196 g/mol. The third-order valence-electron chi connectivity index (χ3n) is 1.13. The predicted octanol–water partition coefficient (Wildman–Crippen LogP) is -0.742. The molecule has 0 aliphatic carbocycles. The van der Waals surface area contributed by atoms with E-state index in [0.717, 1.165) is 0 Å². The van der Waals surface area contributed by atoms with Crippen molar-refractivity contribution in [2.75, 3.05) is 0 Å². The molecular formula is C7H10CaMgO3. The van der Waals surface area contributed by atoms with Crippen molar-refractivity contribution in [3.8, 4) is 5.75 Å². The number of benzene rings is 1. The second-order valence-corrected chi connectivity index (χ2v) is 1.82. The molecule has 0 spiro atoms. The summed E-state index contributed by atoms with van der Waals surface area (Å²) in [4.78, 5) is 10.3. The van der Waals surface area contributed by atoms with Crippen LogP contribution in [-0.2, 0) is 0 Å². The van der Waals surface area contributed by atoms with Crippen LogP contribution in [0.2, 0.25) is 0 Å². The zero-order valence-electron chi connectivity index (χ0n) is 5.11. The van der Waals surface area contributed by atoms with Gasteiger partial charge in [-0.05, 0) is 12.1 Å². The minimum Gasteiger partial charge on any atom is 0.316 e. The van der Waals surface area contributed by atoms with Crippen LogP contribution in [0, 0.1) is 0 Å². The summed E-state index contributed by atoms with van der Waals surface area (Å²) in [6.07, 6.45) is 0. The predicted molar refractivity (Wildman–Crippen MR) is 52.2 cm³/mol. The summed E-state index contributed by atoms with van der Waals surface area (Å²) in [6, 6.07) is 5.81. The van der Waals surface area contributed by atoms with Gasteiger partial charge < -0.3 is 10.2 Å². The minimum atomic E-state index is -1.11. The molecule has 5 heteroatoms. The van der Waals surface area contributed by atoms with Gasteiger partial charge in [-0.15, -0.1) is 0 Å². The first-order valence-electron chi connectivity index (χ1n) is 2.73. The van der Waals surface area contributed by atoms with Crippen molar-refractivity contribution in [3.05, 3.63) is 29.8 Å². The Morgan fingerprint density at radius 2 is 1.75 bits per heavy atom. The molecule has 0 saturated carbocycles. The Kier molecular flexibility index (Phi) is 8.72. The summed E-state index contributed by atoms with van der Waals surface area (Å²) >= 11 is 0. The fourth-order valence-electron chi connectivity index (χ4n) is 0.654. The molecule has 2 N–H and O–H groups in total. The second kappa shape index (κ2) is 6.97. The van der Waals surface area contributed by atoms with Gasteiger partial charge in [0.1, 0.15) is 11.3 Å². The number of rotatable bonds is 1. The van der Waals surface area contributed by atoms with Gasteiger partial charge >= 0.3 is 66.8 Å². The maximum atomic E-state index is 10.3. The zero-order chi connectivity index (χ0) is 7.56. The van der Waals surface area contributed by atoms with Gasteiger partial charge in [0.2, 0.25) is 0 Å². The number of para-hydroxylation sites is 1. The molecule has 0 fully saturated rings. The fraction of sp³-hybridized carbons (Fsp3) is 0. The van der Waals surface area contributed by atoms with Crippen LogP contribution in [0.25, 0.3) is 0 Å². The van der Waals surface area contributed by atoms with Crippen LogP contribution < -0.4 is 0 Å². The maximum Gasteiger partial charge on any atom is 0.316 e. The maximum absolute atomic E-state index is 10.3. The van der Waals surface area contributed by atoms with Crippen molar-refractivity contribution in [1.82, 2.24) is 0 Å². The first kappa shape index (κ1) is 15.0. The number of carbonyl (C=O) groups is 1. The van der Waals surface area contributed by atoms with E-state index in [1.54, 1.807) is 12.1 Å². The quantitative estimate of drug-likeness (QED) is 0.595. The average molecular weight is 207 g/mol. The number of carboxylic acids is 1. The Bertz CT molecular complexity index is 265. The summed E-state index contributed by atoms with van der Waals surface area (Å²) in [7, 11) is 0. The van der Waals surface area contributed by atoms with Gasteiger partial charge in [0.15, 0.2) is 0 Å². The Morgan fingerprint density at radius 1 is 1.25 bits per heavy atom. The standard InChI is InChI=1S/C7H6O3.Ca.Mg.4H/c8-6-4-2-1-3-5(6)7(9)10;;;;;;/h1-4,8H,(H,9,10);;;;;;. The Labute approximate surface area is 116 Å². The molecule has 0 atom stereocenters. The molecule has 0 heterocycles. The average Bonchev–Trinajstić information content (AvgIpc) is 1.88. The summed E-state index contributed by atoms with van der Waals surface area (Å²) in [6.45, 7) is 0. The summed E-state index contributed by atoms with van der Waals surface area (Å²) in [5.74, 6) is -1.31. The van der Waals surface area contributed by atoms with E-state index in [2.05, 4.69) is 0 Å². The SMILES string of the molecule is O=C(O)c1ccccc1O.[CaH2].[MgH2]. The molecule has 0 bridgehead atoms. The number of hydrogen-bond donors (Lipinski definition) is 2. The molecule has 1 rings (SSSR count). The van der Waals surface area contributed by atoms with Crippen molar-refractivity contribution in [2.24, 2.45) is 0 Å². The van der Waals surface area contributed by atoms with Crippen LogP contribution in [0.4, 0.5) is 0 Å². The molecule has 1 aromatic carbocycles. The fourth-order valence-corrected chi connectivity index (χ4v) is 0.654. The van der Waals surface area contributed by atoms with E-state index >= 15 is 0 Å². The number of carboxylic acid groups (broad SMARTS) is 1. The molecule has 0 aliphatic rings. The van der Waals surface area contributed by atoms with Gasteiger partial charge in [-0.1, -0.05) is 12.1 Å². The molecule has 0 aliphatic heterocycles. The van der Waals surface area contributed by atoms with E-state index < -0.39 is 5.97 Å². The van der Waals surface area contributed by atoms with E-state index in [-0.39, 0.29) is 72.1 Å². The number of aromatic hydroxyl groups is 1. The molecule has 12 heavy (non-hydrogen) atoms. The van der Waals surface area contributed by atoms with Gasteiger partial charge in [-0.3, -0.25) is 0 Å². The number of aromatic carboxylic acids is 1. The van der Waals surface area contributed by atoms with E-state index in [1.807, 2.05) is 0 Å². The topological polar surface area (TPSA) is 57.5 Å². The van der Waals surface area contributed by atoms with Gasteiger partial charge in [-0.25, -0.2) is 4.79 Å². The van der Waals surface area contributed by atoms with E-state index in [1.165, 1.54) is 12.1 Å². The summed E-state index contributed by atoms with van der Waals surface area (Å²) < 4.78 is 0. The van der Waals surface area contributed by atoms with Crippen LogP contribution in [0.1, 0.15) is 10.4 Å². The molecule has 60 valence electrons. The van der Waals surface area contributed by atoms with Crippen LogP contribution >= 0.6 is 0 Å². The largest absolute Gasteiger partial charge is 0.316 e. The summed E-state index contributed by atoms with van der Waals surface area (Å²) in [5.41, 5.74) is -0.0671. The third-order valence-corrected chi connectivity index (χ3v) is 1.13. The van der Waals surface area contributed by atoms with Crippen molar-refractivity contribution in [3.63, 3.8) is 0 Å². The minimum absolute atomic E-state index is 0. The van der Waals surface area contributed by atoms with E-state index in [4.69, 9.17) is 10.2 Å². The monoisotopic (exact) mass is 206 g/mol. The van der Waals surface area contributed by atoms with Gasteiger partial charge in [0, 0.05) is 0 Å². The van der Waals surface area contributed by atoms with Crippen molar-refractivity contribution >= 4 is 66.8 Å². The molecule has 0 radical (unpaired) electrons. The third kappa shape index (κ3) is 3.96. The number of hydrogen-bond acceptors (Lipinski definition) is 2. The first-order chi connectivity index (χ1) is 4.72. The second-order valence-electron chi connectivity index (χ2n) is 1.82. The van der Waals surface area contributed by atoms with Crippen LogP contribution in [0.3, 0.4) is 0 Å². The van der Waals surface area contributed by atoms with Crippen molar-refractivity contribution in [1.29, 1.82) is 0 Å². The zero-order valence-corrected chi connectivity index (χ0v) is 5.11. The smallest absolute Gasteiger partial charge is 0.316 e. The summed E-state index contributed by atoms with van der Waals surface area (Å²) in [5, 5.41) is 17.3. The molecule has 0 aromatic heterocycles. The Balaban J connectivity index is 0. The first-order valence-corrected chi connectivity index (χ1v) is 2.73. The molecule has 0 unspecified atom stereocenters. The van der Waals surface area contributed by atoms with Crippen LogP contribution in [0.15, 0.2) is 24.3 Å². The molecule has 0 saturated heterocycles. The van der Waals surface area contributed by atoms with E-state index in [0.29, 0.717) is 0 Å². The normalized spacial score (nSPS) is 7.67. The molecule has 3 nitrogen and oxygen atoms in total. The molecule has 1 aromatic rings. The van der Waals surface area contributed by atoms with Gasteiger partial charge in [-0.2, -0.15) is 0 Å². The van der Waals surface area contributed by atoms with E-state index in [9.17, 15) is 4.79 Å². The number of phenols is 1. The van der Waals surface area contributed by atoms with Crippen molar-refractivity contribution in [2.45, 2.75) is 0 Å². The molecule has 0 amide bonds.